The highest BCUT2D eigenvalue weighted by molar-refractivity contribution is 5.83. The van der Waals surface area contributed by atoms with E-state index >= 15 is 0 Å². The zero-order valence-electron chi connectivity index (χ0n) is 11.9. The Balaban J connectivity index is 3.28. The second-order valence-electron chi connectivity index (χ2n) is 3.70. The third kappa shape index (κ3) is 3.64. The topological polar surface area (TPSA) is 114 Å². The smallest absolute Gasteiger partial charge is 0.203 e. The Hall–Kier alpha value is -3.19. The van der Waals surface area contributed by atoms with Gasteiger partial charge in [0.05, 0.1) is 21.3 Å². The zero-order valence-corrected chi connectivity index (χ0v) is 11.9. The van der Waals surface area contributed by atoms with Crippen LogP contribution in [0.3, 0.4) is 0 Å². The van der Waals surface area contributed by atoms with Crippen LogP contribution in [-0.4, -0.2) is 27.5 Å². The van der Waals surface area contributed by atoms with E-state index in [1.807, 2.05) is 0 Å². The maximum Gasteiger partial charge on any atom is 0.203 e. The summed E-state index contributed by atoms with van der Waals surface area (Å²) >= 11 is 0. The first-order valence-corrected chi connectivity index (χ1v) is 5.75. The molecule has 0 spiro atoms. The van der Waals surface area contributed by atoms with E-state index in [9.17, 15) is 0 Å². The molecule has 7 nitrogen and oxygen atoms in total. The maximum atomic E-state index is 8.87. The van der Waals surface area contributed by atoms with Crippen molar-refractivity contribution in [2.75, 3.05) is 21.3 Å². The van der Waals surface area contributed by atoms with E-state index in [0.29, 0.717) is 22.8 Å². The molecule has 0 aliphatic carbocycles. The first-order chi connectivity index (χ1) is 10.1. The predicted octanol–water partition coefficient (Wildman–Crippen LogP) is 1.35. The first kappa shape index (κ1) is 15.9. The van der Waals surface area contributed by atoms with Crippen molar-refractivity contribution >= 4 is 6.21 Å². The number of hydrogen-bond donors (Lipinski definition) is 1. The molecule has 0 heterocycles. The minimum Gasteiger partial charge on any atom is -0.493 e. The summed E-state index contributed by atoms with van der Waals surface area (Å²) in [6, 6.07) is 6.73. The Labute approximate surface area is 122 Å². The zero-order chi connectivity index (χ0) is 15.8. The summed E-state index contributed by atoms with van der Waals surface area (Å²) in [5, 5.41) is 17.5. The summed E-state index contributed by atoms with van der Waals surface area (Å²) in [5.74, 6) is 1.35. The summed E-state index contributed by atoms with van der Waals surface area (Å²) in [5.41, 5.74) is 5.55. The van der Waals surface area contributed by atoms with E-state index < -0.39 is 0 Å². The van der Waals surface area contributed by atoms with Crippen molar-refractivity contribution in [1.82, 2.24) is 0 Å². The number of nitriles is 2. The Morgan fingerprint density at radius 1 is 1.10 bits per heavy atom. The van der Waals surface area contributed by atoms with E-state index in [2.05, 4.69) is 4.99 Å². The van der Waals surface area contributed by atoms with E-state index in [0.717, 1.165) is 0 Å². The molecule has 21 heavy (non-hydrogen) atoms. The Kier molecular flexibility index (Phi) is 5.60. The summed E-state index contributed by atoms with van der Waals surface area (Å²) in [4.78, 5) is 3.88. The van der Waals surface area contributed by atoms with Crippen molar-refractivity contribution in [2.45, 2.75) is 0 Å². The van der Waals surface area contributed by atoms with Gasteiger partial charge in [0, 0.05) is 11.8 Å². The van der Waals surface area contributed by atoms with Crippen LogP contribution in [0.2, 0.25) is 0 Å². The van der Waals surface area contributed by atoms with Crippen LogP contribution in [0.25, 0.3) is 0 Å². The van der Waals surface area contributed by atoms with Crippen LogP contribution in [0.5, 0.6) is 17.2 Å². The number of nitrogens with zero attached hydrogens (tertiary/aromatic N) is 3. The second kappa shape index (κ2) is 7.41. The molecule has 0 aromatic heterocycles. The quantitative estimate of drug-likeness (QED) is 0.645. The first-order valence-electron chi connectivity index (χ1n) is 5.75. The number of benzene rings is 1. The van der Waals surface area contributed by atoms with Gasteiger partial charge in [0.2, 0.25) is 5.75 Å². The summed E-state index contributed by atoms with van der Waals surface area (Å²) < 4.78 is 15.6. The van der Waals surface area contributed by atoms with Gasteiger partial charge in [0.1, 0.15) is 17.8 Å². The molecule has 1 aromatic carbocycles. The average molecular weight is 286 g/mol. The van der Waals surface area contributed by atoms with Gasteiger partial charge in [-0.2, -0.15) is 10.5 Å². The lowest BCUT2D eigenvalue weighted by atomic mass is 10.2. The van der Waals surface area contributed by atoms with Gasteiger partial charge in [0.15, 0.2) is 17.2 Å². The van der Waals surface area contributed by atoms with E-state index in [-0.39, 0.29) is 11.4 Å². The standard InChI is InChI=1S/C14H14N4O3/c1-19-12-4-9(5-13(20-2)14(12)21-3)8-18-11(7-16)10(17)6-15/h4-5,8H,17H2,1-3H3. The van der Waals surface area contributed by atoms with Crippen LogP contribution < -0.4 is 19.9 Å². The van der Waals surface area contributed by atoms with Crippen molar-refractivity contribution in [3.05, 3.63) is 29.1 Å². The predicted molar refractivity (Wildman–Crippen MR) is 76.1 cm³/mol. The number of nitrogens with two attached hydrogens (primary N) is 1. The molecular weight excluding hydrogens is 272 g/mol. The third-order valence-electron chi connectivity index (χ3n) is 2.51. The highest BCUT2D eigenvalue weighted by Gasteiger charge is 2.12. The van der Waals surface area contributed by atoms with Crippen molar-refractivity contribution in [3.63, 3.8) is 0 Å². The average Bonchev–Trinajstić information content (AvgIpc) is 2.53. The molecule has 0 fully saturated rings. The lowest BCUT2D eigenvalue weighted by Gasteiger charge is -2.12. The Bertz CT molecular complexity index is 641. The number of aliphatic imine (C=N–C) groups is 1. The number of rotatable bonds is 5. The number of hydrogen-bond acceptors (Lipinski definition) is 7. The van der Waals surface area contributed by atoms with Gasteiger partial charge in [-0.15, -0.1) is 0 Å². The molecule has 0 amide bonds. The molecule has 0 saturated heterocycles. The largest absolute Gasteiger partial charge is 0.493 e. The molecule has 0 atom stereocenters. The van der Waals surface area contributed by atoms with E-state index in [1.165, 1.54) is 27.5 Å². The van der Waals surface area contributed by atoms with Gasteiger partial charge >= 0.3 is 0 Å². The molecule has 1 aromatic rings. The van der Waals surface area contributed by atoms with Crippen LogP contribution in [-0.2, 0) is 0 Å². The van der Waals surface area contributed by atoms with Crippen molar-refractivity contribution < 1.29 is 14.2 Å². The Morgan fingerprint density at radius 3 is 2.05 bits per heavy atom. The van der Waals surface area contributed by atoms with Gasteiger partial charge in [0.25, 0.3) is 0 Å². The van der Waals surface area contributed by atoms with Gasteiger partial charge in [-0.05, 0) is 12.1 Å². The summed E-state index contributed by atoms with van der Waals surface area (Å²) in [6.45, 7) is 0. The maximum absolute atomic E-state index is 8.87. The molecule has 0 aliphatic heterocycles. The lowest BCUT2D eigenvalue weighted by molar-refractivity contribution is 0.324. The minimum atomic E-state index is -0.249. The molecule has 0 unspecified atom stereocenters. The highest BCUT2D eigenvalue weighted by Crippen LogP contribution is 2.37. The number of allylic oxidation sites excluding steroid dienone is 2. The van der Waals surface area contributed by atoms with E-state index in [4.69, 9.17) is 30.5 Å². The second-order valence-corrected chi connectivity index (χ2v) is 3.70. The van der Waals surface area contributed by atoms with Gasteiger partial charge < -0.3 is 19.9 Å². The molecule has 2 N–H and O–H groups in total. The van der Waals surface area contributed by atoms with Crippen LogP contribution in [0, 0.1) is 22.7 Å². The Morgan fingerprint density at radius 2 is 1.67 bits per heavy atom. The molecule has 0 bridgehead atoms. The molecule has 0 aliphatic rings. The van der Waals surface area contributed by atoms with E-state index in [1.54, 1.807) is 24.3 Å². The van der Waals surface area contributed by atoms with Gasteiger partial charge in [-0.1, -0.05) is 0 Å². The third-order valence-corrected chi connectivity index (χ3v) is 2.51. The molecule has 0 saturated carbocycles. The van der Waals surface area contributed by atoms with Gasteiger partial charge in [-0.25, -0.2) is 4.99 Å². The van der Waals surface area contributed by atoms with Crippen molar-refractivity contribution in [1.29, 1.82) is 10.5 Å². The minimum absolute atomic E-state index is 0.161. The van der Waals surface area contributed by atoms with Crippen LogP contribution in [0.1, 0.15) is 5.56 Å². The van der Waals surface area contributed by atoms with Crippen LogP contribution in [0.15, 0.2) is 28.5 Å². The fraction of sp³-hybridized carbons (Fsp3) is 0.214. The molecule has 0 radical (unpaired) electrons. The molecule has 108 valence electrons. The molecular formula is C14H14N4O3. The van der Waals surface area contributed by atoms with Crippen molar-refractivity contribution in [3.8, 4) is 29.4 Å². The normalized spacial score (nSPS) is 11.3. The number of methoxy groups -OCH3 is 3. The fourth-order valence-corrected chi connectivity index (χ4v) is 1.53. The number of ether oxygens (including phenoxy) is 3. The molecule has 7 heteroatoms. The van der Waals surface area contributed by atoms with Crippen LogP contribution >= 0.6 is 0 Å². The fourth-order valence-electron chi connectivity index (χ4n) is 1.53. The molecule has 1 rings (SSSR count). The van der Waals surface area contributed by atoms with Gasteiger partial charge in [-0.3, -0.25) is 0 Å². The lowest BCUT2D eigenvalue weighted by Crippen LogP contribution is -1.99. The summed E-state index contributed by atoms with van der Waals surface area (Å²) in [6.07, 6.45) is 1.38. The van der Waals surface area contributed by atoms with Crippen molar-refractivity contribution in [2.24, 2.45) is 10.7 Å². The monoisotopic (exact) mass is 286 g/mol. The highest BCUT2D eigenvalue weighted by atomic mass is 16.5. The summed E-state index contributed by atoms with van der Waals surface area (Å²) in [7, 11) is 4.48. The van der Waals surface area contributed by atoms with Crippen LogP contribution in [0.4, 0.5) is 0 Å². The SMILES string of the molecule is COc1cc(C=NC(C#N)=C(N)C#N)cc(OC)c1OC.